The minimum absolute atomic E-state index is 0.0662. The second kappa shape index (κ2) is 7.90. The predicted molar refractivity (Wildman–Crippen MR) is 113 cm³/mol. The van der Waals surface area contributed by atoms with Crippen LogP contribution in [0.25, 0.3) is 11.1 Å². The van der Waals surface area contributed by atoms with Crippen molar-refractivity contribution >= 4 is 44.3 Å². The van der Waals surface area contributed by atoms with Gasteiger partial charge in [0.15, 0.2) is 5.58 Å². The minimum atomic E-state index is -3.63. The first-order chi connectivity index (χ1) is 14.3. The van der Waals surface area contributed by atoms with Gasteiger partial charge >= 0.3 is 5.76 Å². The Labute approximate surface area is 178 Å². The number of amides is 1. The summed E-state index contributed by atoms with van der Waals surface area (Å²) in [6, 6.07) is 9.36. The number of nitrogens with zero attached hydrogens (tertiary/aromatic N) is 2. The summed E-state index contributed by atoms with van der Waals surface area (Å²) in [7, 11) is -3.63. The van der Waals surface area contributed by atoms with Gasteiger partial charge in [-0.15, -0.1) is 0 Å². The van der Waals surface area contributed by atoms with E-state index in [1.54, 1.807) is 18.2 Å². The number of benzene rings is 2. The van der Waals surface area contributed by atoms with Crippen molar-refractivity contribution in [1.29, 1.82) is 0 Å². The number of carbonyl (C=O) groups is 1. The van der Waals surface area contributed by atoms with Crippen molar-refractivity contribution in [3.8, 4) is 0 Å². The van der Waals surface area contributed by atoms with Crippen LogP contribution in [0.5, 0.6) is 0 Å². The molecule has 10 heteroatoms. The molecule has 1 aliphatic heterocycles. The molecule has 1 aliphatic rings. The first kappa shape index (κ1) is 20.6. The minimum Gasteiger partial charge on any atom is -0.408 e. The quantitative estimate of drug-likeness (QED) is 0.645. The fourth-order valence-corrected chi connectivity index (χ4v) is 5.16. The molecule has 0 radical (unpaired) electrons. The van der Waals surface area contributed by atoms with Crippen LogP contribution in [0.1, 0.15) is 18.4 Å². The van der Waals surface area contributed by atoms with Crippen LogP contribution in [0.15, 0.2) is 50.5 Å². The number of hydrogen-bond donors (Lipinski definition) is 1. The van der Waals surface area contributed by atoms with Gasteiger partial charge in [0.1, 0.15) is 6.54 Å². The molecule has 0 spiro atoms. The Bertz CT molecular complexity index is 1290. The van der Waals surface area contributed by atoms with Gasteiger partial charge in [-0.1, -0.05) is 17.7 Å². The lowest BCUT2D eigenvalue weighted by molar-refractivity contribution is -0.116. The van der Waals surface area contributed by atoms with Crippen LogP contribution in [-0.2, 0) is 21.4 Å². The fourth-order valence-electron chi connectivity index (χ4n) is 3.45. The molecule has 2 heterocycles. The molecule has 0 aliphatic carbocycles. The molecular formula is C20H20ClN3O5S. The number of carbonyl (C=O) groups excluding carboxylic acids is 1. The SMILES string of the molecule is Cc1ccc(NC(=O)Cn2c(=O)oc3cc(S(=O)(=O)N4CCCC4)ccc32)cc1Cl. The van der Waals surface area contributed by atoms with Crippen molar-refractivity contribution in [3.05, 3.63) is 57.5 Å². The Morgan fingerprint density at radius 2 is 1.90 bits per heavy atom. The number of aryl methyl sites for hydroxylation is 1. The number of halogens is 1. The van der Waals surface area contributed by atoms with Gasteiger partial charge in [0, 0.05) is 29.9 Å². The summed E-state index contributed by atoms with van der Waals surface area (Å²) in [6.45, 7) is 2.53. The molecule has 1 amide bonds. The Balaban J connectivity index is 1.59. The molecule has 0 unspecified atom stereocenters. The first-order valence-electron chi connectivity index (χ1n) is 9.45. The molecule has 1 N–H and O–H groups in total. The molecule has 8 nitrogen and oxygen atoms in total. The highest BCUT2D eigenvalue weighted by Gasteiger charge is 2.28. The molecule has 1 aromatic heterocycles. The molecule has 0 atom stereocenters. The highest BCUT2D eigenvalue weighted by molar-refractivity contribution is 7.89. The molecule has 0 saturated carbocycles. The van der Waals surface area contributed by atoms with Crippen LogP contribution in [0.3, 0.4) is 0 Å². The van der Waals surface area contributed by atoms with Gasteiger partial charge in [-0.25, -0.2) is 13.2 Å². The topological polar surface area (TPSA) is 102 Å². The van der Waals surface area contributed by atoms with E-state index in [1.807, 2.05) is 6.92 Å². The molecular weight excluding hydrogens is 430 g/mol. The lowest BCUT2D eigenvalue weighted by atomic mass is 10.2. The number of nitrogens with one attached hydrogen (secondary N) is 1. The highest BCUT2D eigenvalue weighted by atomic mass is 35.5. The maximum atomic E-state index is 12.7. The molecule has 3 aromatic rings. The number of aromatic nitrogens is 1. The van der Waals surface area contributed by atoms with Crippen molar-refractivity contribution in [2.45, 2.75) is 31.2 Å². The van der Waals surface area contributed by atoms with Gasteiger partial charge in [-0.05, 0) is 49.6 Å². The van der Waals surface area contributed by atoms with Crippen molar-refractivity contribution < 1.29 is 17.6 Å². The van der Waals surface area contributed by atoms with Crippen LogP contribution in [0, 0.1) is 6.92 Å². The molecule has 30 heavy (non-hydrogen) atoms. The maximum absolute atomic E-state index is 12.7. The highest BCUT2D eigenvalue weighted by Crippen LogP contribution is 2.24. The Morgan fingerprint density at radius 1 is 1.17 bits per heavy atom. The zero-order valence-corrected chi connectivity index (χ0v) is 17.8. The van der Waals surface area contributed by atoms with E-state index >= 15 is 0 Å². The van der Waals surface area contributed by atoms with E-state index in [4.69, 9.17) is 16.0 Å². The van der Waals surface area contributed by atoms with Crippen molar-refractivity contribution in [2.75, 3.05) is 18.4 Å². The van der Waals surface area contributed by atoms with Crippen molar-refractivity contribution in [3.63, 3.8) is 0 Å². The van der Waals surface area contributed by atoms with Gasteiger partial charge in [-0.2, -0.15) is 4.31 Å². The van der Waals surface area contributed by atoms with Gasteiger partial charge in [0.2, 0.25) is 15.9 Å². The summed E-state index contributed by atoms with van der Waals surface area (Å²) in [5.74, 6) is -1.17. The molecule has 0 bridgehead atoms. The second-order valence-corrected chi connectivity index (χ2v) is 9.55. The normalized spacial score (nSPS) is 15.0. The fraction of sp³-hybridized carbons (Fsp3) is 0.300. The molecule has 1 saturated heterocycles. The summed E-state index contributed by atoms with van der Waals surface area (Å²) in [6.07, 6.45) is 1.66. The summed E-state index contributed by atoms with van der Waals surface area (Å²) in [4.78, 5) is 24.8. The van der Waals surface area contributed by atoms with Crippen LogP contribution < -0.4 is 11.1 Å². The number of fused-ring (bicyclic) bond motifs is 1. The summed E-state index contributed by atoms with van der Waals surface area (Å²) in [5.41, 5.74) is 1.85. The lowest BCUT2D eigenvalue weighted by Crippen LogP contribution is -2.27. The number of anilines is 1. The van der Waals surface area contributed by atoms with Crippen molar-refractivity contribution in [2.24, 2.45) is 0 Å². The Hall–Kier alpha value is -2.62. The van der Waals surface area contributed by atoms with E-state index in [0.717, 1.165) is 23.0 Å². The average molecular weight is 450 g/mol. The van der Waals surface area contributed by atoms with E-state index in [9.17, 15) is 18.0 Å². The zero-order valence-electron chi connectivity index (χ0n) is 16.2. The first-order valence-corrected chi connectivity index (χ1v) is 11.3. The smallest absolute Gasteiger partial charge is 0.408 e. The molecule has 2 aromatic carbocycles. The van der Waals surface area contributed by atoms with E-state index in [-0.39, 0.29) is 17.0 Å². The number of hydrogen-bond acceptors (Lipinski definition) is 5. The Morgan fingerprint density at radius 3 is 2.60 bits per heavy atom. The predicted octanol–water partition coefficient (Wildman–Crippen LogP) is 2.98. The standard InChI is InChI=1S/C20H20ClN3O5S/c1-13-4-5-14(10-16(13)21)22-19(25)12-24-17-7-6-15(11-18(17)29-20(24)26)30(27,28)23-8-2-3-9-23/h4-7,10-11H,2-3,8-9,12H2,1H3,(H,22,25). The van der Waals surface area contributed by atoms with E-state index in [0.29, 0.717) is 29.3 Å². The zero-order chi connectivity index (χ0) is 21.5. The third-order valence-corrected chi connectivity index (χ3v) is 7.40. The van der Waals surface area contributed by atoms with Crippen LogP contribution in [-0.4, -0.2) is 36.3 Å². The summed E-state index contributed by atoms with van der Waals surface area (Å²) >= 11 is 6.07. The van der Waals surface area contributed by atoms with E-state index in [2.05, 4.69) is 5.32 Å². The van der Waals surface area contributed by atoms with E-state index in [1.165, 1.54) is 22.5 Å². The van der Waals surface area contributed by atoms with Gasteiger partial charge in [0.25, 0.3) is 0 Å². The van der Waals surface area contributed by atoms with Crippen LogP contribution in [0.2, 0.25) is 5.02 Å². The summed E-state index contributed by atoms with van der Waals surface area (Å²) < 4.78 is 33.2. The van der Waals surface area contributed by atoms with Gasteiger partial charge in [-0.3, -0.25) is 9.36 Å². The van der Waals surface area contributed by atoms with Gasteiger partial charge < -0.3 is 9.73 Å². The van der Waals surface area contributed by atoms with E-state index < -0.39 is 21.7 Å². The monoisotopic (exact) mass is 449 g/mol. The third-order valence-electron chi connectivity index (χ3n) is 5.10. The molecule has 4 rings (SSSR count). The third kappa shape index (κ3) is 3.88. The van der Waals surface area contributed by atoms with Crippen LogP contribution >= 0.6 is 11.6 Å². The largest absolute Gasteiger partial charge is 0.420 e. The average Bonchev–Trinajstić information content (AvgIpc) is 3.34. The lowest BCUT2D eigenvalue weighted by Gasteiger charge is -2.15. The molecule has 1 fully saturated rings. The summed E-state index contributed by atoms with van der Waals surface area (Å²) in [5, 5.41) is 3.20. The van der Waals surface area contributed by atoms with Crippen LogP contribution in [0.4, 0.5) is 5.69 Å². The number of oxazole rings is 1. The number of sulfonamides is 1. The van der Waals surface area contributed by atoms with Gasteiger partial charge in [0.05, 0.1) is 10.4 Å². The second-order valence-electron chi connectivity index (χ2n) is 7.21. The Kier molecular flexibility index (Phi) is 5.44. The van der Waals surface area contributed by atoms with Crippen molar-refractivity contribution in [1.82, 2.24) is 8.87 Å². The maximum Gasteiger partial charge on any atom is 0.420 e. The number of rotatable bonds is 5. The molecule has 158 valence electrons.